The van der Waals surface area contributed by atoms with E-state index in [9.17, 15) is 0 Å². The molecule has 0 spiro atoms. The maximum absolute atomic E-state index is 5.17. The minimum Gasteiger partial charge on any atom is -0.338 e. The van der Waals surface area contributed by atoms with Crippen LogP contribution in [0.5, 0.6) is 0 Å². The van der Waals surface area contributed by atoms with Crippen molar-refractivity contribution in [1.29, 1.82) is 0 Å². The molecule has 6 heteroatoms. The monoisotopic (exact) mass is 279 g/mol. The molecule has 0 aliphatic carbocycles. The van der Waals surface area contributed by atoms with Crippen LogP contribution in [0.25, 0.3) is 0 Å². The fourth-order valence-corrected chi connectivity index (χ4v) is 3.12. The van der Waals surface area contributed by atoms with Crippen LogP contribution in [0, 0.1) is 6.92 Å². The lowest BCUT2D eigenvalue weighted by Crippen LogP contribution is -2.63. The molecular weight excluding hydrogens is 254 g/mol. The van der Waals surface area contributed by atoms with Gasteiger partial charge in [0.15, 0.2) is 5.82 Å². The highest BCUT2D eigenvalue weighted by atomic mass is 16.5. The third-order valence-electron chi connectivity index (χ3n) is 4.46. The first-order valence-corrected chi connectivity index (χ1v) is 7.61. The summed E-state index contributed by atoms with van der Waals surface area (Å²) in [6, 6.07) is 1.39. The summed E-state index contributed by atoms with van der Waals surface area (Å²) in [4.78, 5) is 11.8. The molecule has 0 aromatic carbocycles. The van der Waals surface area contributed by atoms with Crippen molar-refractivity contribution in [1.82, 2.24) is 24.8 Å². The standard InChI is InChI=1S/C14H25N5O/c1-11(2)18-4-6-19(7-5-18)13-8-17(9-13)10-14-15-12(3)16-20-14/h11,13H,4-10H2,1-3H3. The van der Waals surface area contributed by atoms with E-state index < -0.39 is 0 Å². The fraction of sp³-hybridized carbons (Fsp3) is 0.857. The van der Waals surface area contributed by atoms with E-state index in [0.717, 1.165) is 31.3 Å². The second kappa shape index (κ2) is 5.79. The van der Waals surface area contributed by atoms with E-state index in [1.807, 2.05) is 6.92 Å². The highest BCUT2D eigenvalue weighted by Gasteiger charge is 2.34. The smallest absolute Gasteiger partial charge is 0.240 e. The van der Waals surface area contributed by atoms with Crippen molar-refractivity contribution in [2.24, 2.45) is 0 Å². The molecule has 0 atom stereocenters. The number of piperazine rings is 1. The van der Waals surface area contributed by atoms with E-state index in [-0.39, 0.29) is 0 Å². The molecule has 0 bridgehead atoms. The molecule has 2 fully saturated rings. The van der Waals surface area contributed by atoms with Crippen LogP contribution in [0.1, 0.15) is 25.6 Å². The largest absolute Gasteiger partial charge is 0.338 e. The Balaban J connectivity index is 1.40. The van der Waals surface area contributed by atoms with Crippen molar-refractivity contribution in [2.75, 3.05) is 39.3 Å². The van der Waals surface area contributed by atoms with Crippen LogP contribution in [0.15, 0.2) is 4.52 Å². The van der Waals surface area contributed by atoms with E-state index in [4.69, 9.17) is 4.52 Å². The molecule has 3 heterocycles. The van der Waals surface area contributed by atoms with Gasteiger partial charge in [-0.2, -0.15) is 4.98 Å². The highest BCUT2D eigenvalue weighted by molar-refractivity contribution is 4.93. The van der Waals surface area contributed by atoms with Gasteiger partial charge in [-0.05, 0) is 20.8 Å². The SMILES string of the molecule is Cc1noc(CN2CC(N3CCN(C(C)C)CC3)C2)n1. The molecule has 0 saturated carbocycles. The molecule has 2 aliphatic heterocycles. The maximum atomic E-state index is 5.17. The van der Waals surface area contributed by atoms with Gasteiger partial charge in [0.2, 0.25) is 5.89 Å². The predicted molar refractivity (Wildman–Crippen MR) is 76.4 cm³/mol. The summed E-state index contributed by atoms with van der Waals surface area (Å²) >= 11 is 0. The Morgan fingerprint density at radius 1 is 1.20 bits per heavy atom. The summed E-state index contributed by atoms with van der Waals surface area (Å²) < 4.78 is 5.17. The molecule has 0 amide bonds. The van der Waals surface area contributed by atoms with E-state index in [1.165, 1.54) is 26.2 Å². The molecule has 2 aliphatic rings. The number of likely N-dealkylation sites (tertiary alicyclic amines) is 1. The van der Waals surface area contributed by atoms with Crippen LogP contribution in [0.4, 0.5) is 0 Å². The molecule has 0 radical (unpaired) electrons. The minimum atomic E-state index is 0.677. The van der Waals surface area contributed by atoms with Crippen LogP contribution in [0.3, 0.4) is 0 Å². The minimum absolute atomic E-state index is 0.677. The molecule has 112 valence electrons. The molecule has 0 unspecified atom stereocenters. The Kier molecular flexibility index (Phi) is 4.05. The summed E-state index contributed by atoms with van der Waals surface area (Å²) in [7, 11) is 0. The van der Waals surface area contributed by atoms with Crippen LogP contribution in [0.2, 0.25) is 0 Å². The van der Waals surface area contributed by atoms with E-state index in [0.29, 0.717) is 12.1 Å². The summed E-state index contributed by atoms with van der Waals surface area (Å²) in [5, 5.41) is 3.83. The van der Waals surface area contributed by atoms with Gasteiger partial charge in [0.05, 0.1) is 6.54 Å². The molecule has 1 aromatic heterocycles. The molecule has 0 N–H and O–H groups in total. The van der Waals surface area contributed by atoms with Gasteiger partial charge in [0, 0.05) is 51.4 Å². The summed E-state index contributed by atoms with van der Waals surface area (Å²) in [5.74, 6) is 1.47. The Hall–Kier alpha value is -0.980. The average Bonchev–Trinajstić information content (AvgIpc) is 2.79. The van der Waals surface area contributed by atoms with Gasteiger partial charge in [-0.15, -0.1) is 0 Å². The lowest BCUT2D eigenvalue weighted by atomic mass is 10.1. The zero-order valence-electron chi connectivity index (χ0n) is 12.7. The predicted octanol–water partition coefficient (Wildman–Crippen LogP) is 0.588. The first-order valence-electron chi connectivity index (χ1n) is 7.61. The van der Waals surface area contributed by atoms with E-state index in [2.05, 4.69) is 38.7 Å². The summed E-state index contributed by atoms with van der Waals surface area (Å²) in [5.41, 5.74) is 0. The number of aryl methyl sites for hydroxylation is 1. The van der Waals surface area contributed by atoms with Gasteiger partial charge < -0.3 is 4.52 Å². The molecule has 1 aromatic rings. The van der Waals surface area contributed by atoms with Gasteiger partial charge in [-0.25, -0.2) is 0 Å². The zero-order chi connectivity index (χ0) is 14.1. The third kappa shape index (κ3) is 3.02. The first kappa shape index (κ1) is 14.0. The Bertz CT molecular complexity index is 433. The van der Waals surface area contributed by atoms with Gasteiger partial charge in [0.25, 0.3) is 0 Å². The molecule has 6 nitrogen and oxygen atoms in total. The number of rotatable bonds is 4. The normalized spacial score (nSPS) is 23.4. The van der Waals surface area contributed by atoms with Gasteiger partial charge in [-0.1, -0.05) is 5.16 Å². The topological polar surface area (TPSA) is 48.6 Å². The van der Waals surface area contributed by atoms with Gasteiger partial charge in [-0.3, -0.25) is 14.7 Å². The van der Waals surface area contributed by atoms with Crippen molar-refractivity contribution >= 4 is 0 Å². The Morgan fingerprint density at radius 2 is 1.90 bits per heavy atom. The molecule has 20 heavy (non-hydrogen) atoms. The first-order chi connectivity index (χ1) is 9.61. The van der Waals surface area contributed by atoms with Crippen molar-refractivity contribution in [3.63, 3.8) is 0 Å². The van der Waals surface area contributed by atoms with Crippen LogP contribution in [-0.4, -0.2) is 76.2 Å². The number of hydrogen-bond acceptors (Lipinski definition) is 6. The second-order valence-corrected chi connectivity index (χ2v) is 6.25. The van der Waals surface area contributed by atoms with Crippen molar-refractivity contribution in [3.05, 3.63) is 11.7 Å². The highest BCUT2D eigenvalue weighted by Crippen LogP contribution is 2.19. The third-order valence-corrected chi connectivity index (χ3v) is 4.46. The van der Waals surface area contributed by atoms with Gasteiger partial charge >= 0.3 is 0 Å². The molecule has 3 rings (SSSR count). The lowest BCUT2D eigenvalue weighted by Gasteiger charge is -2.48. The average molecular weight is 279 g/mol. The molecule has 2 saturated heterocycles. The number of hydrogen-bond donors (Lipinski definition) is 0. The Morgan fingerprint density at radius 3 is 2.45 bits per heavy atom. The second-order valence-electron chi connectivity index (χ2n) is 6.25. The van der Waals surface area contributed by atoms with Crippen LogP contribution < -0.4 is 0 Å². The maximum Gasteiger partial charge on any atom is 0.240 e. The number of nitrogens with zero attached hydrogens (tertiary/aromatic N) is 5. The van der Waals surface area contributed by atoms with Gasteiger partial charge in [0.1, 0.15) is 0 Å². The van der Waals surface area contributed by atoms with Crippen LogP contribution >= 0.6 is 0 Å². The van der Waals surface area contributed by atoms with Crippen LogP contribution in [-0.2, 0) is 6.54 Å². The van der Waals surface area contributed by atoms with E-state index >= 15 is 0 Å². The Labute approximate surface area is 120 Å². The quantitative estimate of drug-likeness (QED) is 0.804. The fourth-order valence-electron chi connectivity index (χ4n) is 3.12. The summed E-state index contributed by atoms with van der Waals surface area (Å²) in [6.45, 7) is 14.3. The number of aromatic nitrogens is 2. The van der Waals surface area contributed by atoms with Crippen molar-refractivity contribution in [2.45, 2.75) is 39.4 Å². The lowest BCUT2D eigenvalue weighted by molar-refractivity contribution is -0.00792. The van der Waals surface area contributed by atoms with Crippen molar-refractivity contribution < 1.29 is 4.52 Å². The van der Waals surface area contributed by atoms with E-state index in [1.54, 1.807) is 0 Å². The van der Waals surface area contributed by atoms with Crippen molar-refractivity contribution in [3.8, 4) is 0 Å². The molecular formula is C14H25N5O. The summed E-state index contributed by atoms with van der Waals surface area (Å²) in [6.07, 6.45) is 0. The zero-order valence-corrected chi connectivity index (χ0v) is 12.7.